The maximum atomic E-state index is 13.4. The summed E-state index contributed by atoms with van der Waals surface area (Å²) in [6.07, 6.45) is 0. The molecule has 0 fully saturated rings. The van der Waals surface area contributed by atoms with Crippen molar-refractivity contribution in [1.82, 2.24) is 5.32 Å². The van der Waals surface area contributed by atoms with Crippen LogP contribution in [0, 0.1) is 5.82 Å². The Morgan fingerprint density at radius 1 is 1.20 bits per heavy atom. The van der Waals surface area contributed by atoms with E-state index in [2.05, 4.69) is 5.32 Å². The number of halogens is 2. The smallest absolute Gasteiger partial charge is 0.137 e. The average Bonchev–Trinajstić information content (AvgIpc) is 2.44. The van der Waals surface area contributed by atoms with Crippen LogP contribution in [0.25, 0.3) is 0 Å². The van der Waals surface area contributed by atoms with Gasteiger partial charge in [0.05, 0.1) is 18.2 Å². The fourth-order valence-corrected chi connectivity index (χ4v) is 2.45. The Morgan fingerprint density at radius 2 is 1.95 bits per heavy atom. The van der Waals surface area contributed by atoms with E-state index >= 15 is 0 Å². The van der Waals surface area contributed by atoms with Crippen molar-refractivity contribution in [2.24, 2.45) is 0 Å². The van der Waals surface area contributed by atoms with Crippen molar-refractivity contribution in [3.63, 3.8) is 0 Å². The van der Waals surface area contributed by atoms with Crippen LogP contribution in [0.4, 0.5) is 4.39 Å². The number of nitrogens with one attached hydrogen (secondary N) is 1. The Hall–Kier alpha value is -1.58. The van der Waals surface area contributed by atoms with Gasteiger partial charge >= 0.3 is 0 Å². The van der Waals surface area contributed by atoms with E-state index in [0.717, 1.165) is 17.7 Å². The number of hydrogen-bond acceptors (Lipinski definition) is 2. The van der Waals surface area contributed by atoms with E-state index in [0.29, 0.717) is 10.8 Å². The Morgan fingerprint density at radius 3 is 2.55 bits per heavy atom. The molecule has 1 atom stereocenters. The van der Waals surface area contributed by atoms with E-state index in [1.54, 1.807) is 13.2 Å². The fourth-order valence-electron chi connectivity index (χ4n) is 2.18. The lowest BCUT2D eigenvalue weighted by Gasteiger charge is -2.20. The molecule has 20 heavy (non-hydrogen) atoms. The molecule has 0 spiro atoms. The Bertz CT molecular complexity index is 588. The summed E-state index contributed by atoms with van der Waals surface area (Å²) in [4.78, 5) is 0. The Balaban J connectivity index is 2.40. The van der Waals surface area contributed by atoms with E-state index in [1.165, 1.54) is 12.1 Å². The molecule has 1 unspecified atom stereocenters. The van der Waals surface area contributed by atoms with Crippen molar-refractivity contribution >= 4 is 11.6 Å². The summed E-state index contributed by atoms with van der Waals surface area (Å²) >= 11 is 6.17. The van der Waals surface area contributed by atoms with Crippen LogP contribution in [-0.4, -0.2) is 13.7 Å². The topological polar surface area (TPSA) is 21.3 Å². The lowest BCUT2D eigenvalue weighted by atomic mass is 9.98. The van der Waals surface area contributed by atoms with Crippen molar-refractivity contribution in [3.05, 3.63) is 64.4 Å². The highest BCUT2D eigenvalue weighted by atomic mass is 35.5. The highest BCUT2D eigenvalue weighted by Gasteiger charge is 2.15. The third kappa shape index (κ3) is 3.30. The van der Waals surface area contributed by atoms with Gasteiger partial charge in [-0.1, -0.05) is 36.7 Å². The lowest BCUT2D eigenvalue weighted by molar-refractivity contribution is 0.414. The third-order valence-electron chi connectivity index (χ3n) is 3.10. The van der Waals surface area contributed by atoms with Crippen LogP contribution in [0.15, 0.2) is 42.5 Å². The first-order chi connectivity index (χ1) is 9.65. The SMILES string of the molecule is CCNC(c1cccc(F)c1)c1ccc(OC)c(Cl)c1. The van der Waals surface area contributed by atoms with Crippen LogP contribution in [0.3, 0.4) is 0 Å². The summed E-state index contributed by atoms with van der Waals surface area (Å²) < 4.78 is 18.6. The second kappa shape index (κ2) is 6.73. The molecule has 0 aromatic heterocycles. The van der Waals surface area contributed by atoms with Gasteiger partial charge in [0.15, 0.2) is 0 Å². The van der Waals surface area contributed by atoms with E-state index in [1.807, 2.05) is 31.2 Å². The molecule has 0 saturated heterocycles. The third-order valence-corrected chi connectivity index (χ3v) is 3.39. The maximum Gasteiger partial charge on any atom is 0.137 e. The van der Waals surface area contributed by atoms with E-state index < -0.39 is 0 Å². The molecule has 4 heteroatoms. The monoisotopic (exact) mass is 293 g/mol. The molecule has 2 rings (SSSR count). The van der Waals surface area contributed by atoms with Crippen molar-refractivity contribution in [1.29, 1.82) is 0 Å². The summed E-state index contributed by atoms with van der Waals surface area (Å²) in [5.74, 6) is 0.384. The van der Waals surface area contributed by atoms with Gasteiger partial charge in [-0.25, -0.2) is 4.39 Å². The van der Waals surface area contributed by atoms with Crippen molar-refractivity contribution < 1.29 is 9.13 Å². The first-order valence-electron chi connectivity index (χ1n) is 6.48. The highest BCUT2D eigenvalue weighted by molar-refractivity contribution is 6.32. The van der Waals surface area contributed by atoms with Crippen LogP contribution in [0.5, 0.6) is 5.75 Å². The van der Waals surface area contributed by atoms with Gasteiger partial charge in [0.2, 0.25) is 0 Å². The summed E-state index contributed by atoms with van der Waals surface area (Å²) in [5, 5.41) is 3.89. The van der Waals surface area contributed by atoms with Gasteiger partial charge in [0.25, 0.3) is 0 Å². The molecule has 0 aliphatic rings. The first kappa shape index (κ1) is 14.8. The number of rotatable bonds is 5. The Kier molecular flexibility index (Phi) is 4.99. The van der Waals surface area contributed by atoms with Gasteiger partial charge in [-0.2, -0.15) is 0 Å². The molecule has 0 heterocycles. The van der Waals surface area contributed by atoms with Gasteiger partial charge in [-0.3, -0.25) is 0 Å². The van der Waals surface area contributed by atoms with E-state index in [9.17, 15) is 4.39 Å². The van der Waals surface area contributed by atoms with Gasteiger partial charge in [0, 0.05) is 0 Å². The summed E-state index contributed by atoms with van der Waals surface area (Å²) in [5.41, 5.74) is 1.84. The van der Waals surface area contributed by atoms with Crippen molar-refractivity contribution in [2.75, 3.05) is 13.7 Å². The second-order valence-electron chi connectivity index (χ2n) is 4.44. The minimum atomic E-state index is -0.245. The molecule has 0 aliphatic carbocycles. The number of hydrogen-bond donors (Lipinski definition) is 1. The zero-order valence-electron chi connectivity index (χ0n) is 11.5. The van der Waals surface area contributed by atoms with Gasteiger partial charge < -0.3 is 10.1 Å². The Labute approximate surface area is 123 Å². The van der Waals surface area contributed by atoms with Gasteiger partial charge in [-0.05, 0) is 41.9 Å². The van der Waals surface area contributed by atoms with Gasteiger partial charge in [-0.15, -0.1) is 0 Å². The van der Waals surface area contributed by atoms with Crippen LogP contribution in [0.2, 0.25) is 5.02 Å². The lowest BCUT2D eigenvalue weighted by Crippen LogP contribution is -2.22. The predicted molar refractivity (Wildman–Crippen MR) is 79.9 cm³/mol. The van der Waals surface area contributed by atoms with Crippen molar-refractivity contribution in [2.45, 2.75) is 13.0 Å². The van der Waals surface area contributed by atoms with E-state index in [4.69, 9.17) is 16.3 Å². The minimum Gasteiger partial charge on any atom is -0.495 e. The molecule has 0 saturated carbocycles. The molecule has 0 radical (unpaired) electrons. The summed E-state index contributed by atoms with van der Waals surface area (Å²) in [7, 11) is 1.58. The predicted octanol–water partition coefficient (Wildman–Crippen LogP) is 4.19. The average molecular weight is 294 g/mol. The largest absolute Gasteiger partial charge is 0.495 e. The molecule has 0 amide bonds. The number of methoxy groups -OCH3 is 1. The number of benzene rings is 2. The first-order valence-corrected chi connectivity index (χ1v) is 6.85. The standard InChI is InChI=1S/C16H17ClFNO/c1-3-19-16(11-5-4-6-13(18)9-11)12-7-8-15(20-2)14(17)10-12/h4-10,16,19H,3H2,1-2H3. The molecular weight excluding hydrogens is 277 g/mol. The zero-order chi connectivity index (χ0) is 14.5. The maximum absolute atomic E-state index is 13.4. The van der Waals surface area contributed by atoms with Crippen LogP contribution in [-0.2, 0) is 0 Å². The zero-order valence-corrected chi connectivity index (χ0v) is 12.2. The van der Waals surface area contributed by atoms with E-state index in [-0.39, 0.29) is 11.9 Å². The molecule has 0 aliphatic heterocycles. The normalized spacial score (nSPS) is 12.2. The van der Waals surface area contributed by atoms with Crippen LogP contribution >= 0.6 is 11.6 Å². The fraction of sp³-hybridized carbons (Fsp3) is 0.250. The van der Waals surface area contributed by atoms with Crippen LogP contribution < -0.4 is 10.1 Å². The van der Waals surface area contributed by atoms with Crippen molar-refractivity contribution in [3.8, 4) is 5.75 Å². The van der Waals surface area contributed by atoms with Crippen LogP contribution in [0.1, 0.15) is 24.1 Å². The summed E-state index contributed by atoms with van der Waals surface area (Å²) in [6, 6.07) is 12.1. The second-order valence-corrected chi connectivity index (χ2v) is 4.85. The molecule has 1 N–H and O–H groups in total. The molecule has 2 aromatic carbocycles. The molecular formula is C16H17ClFNO. The molecule has 2 nitrogen and oxygen atoms in total. The molecule has 2 aromatic rings. The molecule has 0 bridgehead atoms. The quantitative estimate of drug-likeness (QED) is 0.892. The summed E-state index contributed by atoms with van der Waals surface area (Å²) in [6.45, 7) is 2.78. The number of ether oxygens (including phenoxy) is 1. The molecule has 106 valence electrons. The highest BCUT2D eigenvalue weighted by Crippen LogP contribution is 2.30. The van der Waals surface area contributed by atoms with Gasteiger partial charge in [0.1, 0.15) is 11.6 Å². The minimum absolute atomic E-state index is 0.0980.